The zero-order chi connectivity index (χ0) is 24.8. The molecule has 13 heteroatoms. The lowest BCUT2D eigenvalue weighted by Gasteiger charge is -2.09. The number of rotatable bonds is 10. The second-order valence-electron chi connectivity index (χ2n) is 7.34. The standard InChI is InChI=1S/C22H21FN5O6P/c1-31-35(29,30)33-14-28-7-3-6-19(21(28)24)20-10-18(27-34-20)9-16-11-25-22(26-12-16)32-13-15-4-2-5-17(23)8-15/h2-8,10-12,24H,9,13-14H2,1H3,(H,29,30)/p+1. The number of nitrogens with zero attached hydrogens (tertiary/aromatic N) is 4. The monoisotopic (exact) mass is 502 g/mol. The molecule has 0 spiro atoms. The summed E-state index contributed by atoms with van der Waals surface area (Å²) in [6.07, 6.45) is 5.19. The minimum absolute atomic E-state index is 0.147. The fourth-order valence-electron chi connectivity index (χ4n) is 3.09. The molecule has 3 heterocycles. The van der Waals surface area contributed by atoms with Crippen molar-refractivity contribution >= 4 is 13.6 Å². The number of phosphoric acid groups is 1. The minimum Gasteiger partial charge on any atom is -0.459 e. The second kappa shape index (κ2) is 10.7. The summed E-state index contributed by atoms with van der Waals surface area (Å²) in [6.45, 7) is -0.151. The Morgan fingerprint density at radius 3 is 2.71 bits per heavy atom. The maximum atomic E-state index is 13.3. The van der Waals surface area contributed by atoms with Crippen molar-refractivity contribution in [3.05, 3.63) is 83.7 Å². The molecule has 0 aliphatic rings. The van der Waals surface area contributed by atoms with Crippen LogP contribution in [0.3, 0.4) is 0 Å². The van der Waals surface area contributed by atoms with Gasteiger partial charge in [0.25, 0.3) is 5.82 Å². The minimum atomic E-state index is -4.15. The number of hydrogen-bond donors (Lipinski definition) is 2. The summed E-state index contributed by atoms with van der Waals surface area (Å²) in [5, 5.41) is 4.07. The van der Waals surface area contributed by atoms with Crippen molar-refractivity contribution in [2.75, 3.05) is 12.8 Å². The Morgan fingerprint density at radius 1 is 1.17 bits per heavy atom. The van der Waals surface area contributed by atoms with Gasteiger partial charge in [0.1, 0.15) is 18.0 Å². The molecule has 0 bridgehead atoms. The molecular formula is C22H22FN5O6P+. The summed E-state index contributed by atoms with van der Waals surface area (Å²) in [5.74, 6) is 0.313. The van der Waals surface area contributed by atoms with E-state index in [4.69, 9.17) is 19.5 Å². The Balaban J connectivity index is 1.39. The summed E-state index contributed by atoms with van der Waals surface area (Å²) in [4.78, 5) is 17.8. The molecule has 35 heavy (non-hydrogen) atoms. The van der Waals surface area contributed by atoms with Crippen molar-refractivity contribution in [3.8, 4) is 17.3 Å². The van der Waals surface area contributed by atoms with Crippen molar-refractivity contribution in [3.63, 3.8) is 0 Å². The Kier molecular flexibility index (Phi) is 7.47. The average Bonchev–Trinajstić information content (AvgIpc) is 3.31. The molecule has 4 rings (SSSR count). The van der Waals surface area contributed by atoms with Crippen LogP contribution in [0.1, 0.15) is 16.8 Å². The predicted octanol–water partition coefficient (Wildman–Crippen LogP) is 3.03. The molecule has 1 atom stereocenters. The van der Waals surface area contributed by atoms with Crippen LogP contribution in [0.4, 0.5) is 10.2 Å². The third-order valence-electron chi connectivity index (χ3n) is 4.85. The molecule has 1 aromatic carbocycles. The first-order valence-corrected chi connectivity index (χ1v) is 11.8. The Hall–Kier alpha value is -3.70. The van der Waals surface area contributed by atoms with Gasteiger partial charge >= 0.3 is 13.8 Å². The van der Waals surface area contributed by atoms with Gasteiger partial charge in [-0.2, -0.15) is 0 Å². The van der Waals surface area contributed by atoms with E-state index in [-0.39, 0.29) is 31.0 Å². The molecule has 0 saturated carbocycles. The molecule has 11 nitrogen and oxygen atoms in total. The lowest BCUT2D eigenvalue weighted by molar-refractivity contribution is -0.711. The number of pyridine rings is 1. The van der Waals surface area contributed by atoms with E-state index in [2.05, 4.69) is 19.6 Å². The van der Waals surface area contributed by atoms with E-state index in [1.54, 1.807) is 48.9 Å². The van der Waals surface area contributed by atoms with Crippen LogP contribution in [0.15, 0.2) is 65.6 Å². The number of aromatic nitrogens is 4. The van der Waals surface area contributed by atoms with Crippen LogP contribution >= 0.6 is 7.82 Å². The highest BCUT2D eigenvalue weighted by atomic mass is 31.2. The molecule has 0 radical (unpaired) electrons. The van der Waals surface area contributed by atoms with Gasteiger partial charge < -0.3 is 14.2 Å². The van der Waals surface area contributed by atoms with E-state index in [1.165, 1.54) is 16.7 Å². The number of ether oxygens (including phenoxy) is 1. The maximum Gasteiger partial charge on any atom is 0.475 e. The molecule has 4 aromatic rings. The number of anilines is 1. The van der Waals surface area contributed by atoms with E-state index < -0.39 is 7.82 Å². The molecule has 0 fully saturated rings. The number of halogens is 1. The molecule has 0 saturated heterocycles. The third-order valence-corrected chi connectivity index (χ3v) is 5.76. The van der Waals surface area contributed by atoms with Crippen LogP contribution in [-0.2, 0) is 33.4 Å². The van der Waals surface area contributed by atoms with E-state index in [0.29, 0.717) is 29.0 Å². The van der Waals surface area contributed by atoms with Gasteiger partial charge in [0.15, 0.2) is 5.76 Å². The summed E-state index contributed by atoms with van der Waals surface area (Å²) in [7, 11) is -3.09. The molecule has 0 aliphatic carbocycles. The number of benzene rings is 1. The van der Waals surface area contributed by atoms with Crippen molar-refractivity contribution in [1.29, 1.82) is 0 Å². The number of hydrogen-bond acceptors (Lipinski definition) is 9. The first-order chi connectivity index (χ1) is 16.8. The van der Waals surface area contributed by atoms with Crippen LogP contribution in [-0.4, -0.2) is 27.1 Å². The Bertz CT molecular complexity index is 1350. The van der Waals surface area contributed by atoms with Crippen LogP contribution < -0.4 is 15.0 Å². The van der Waals surface area contributed by atoms with Gasteiger partial charge in [-0.05, 0) is 35.4 Å². The average molecular weight is 502 g/mol. The van der Waals surface area contributed by atoms with Crippen molar-refractivity contribution in [2.24, 2.45) is 0 Å². The molecular weight excluding hydrogens is 480 g/mol. The van der Waals surface area contributed by atoms with Crippen molar-refractivity contribution < 1.29 is 36.7 Å². The van der Waals surface area contributed by atoms with Gasteiger partial charge in [0, 0.05) is 32.0 Å². The van der Waals surface area contributed by atoms with Crippen LogP contribution in [0.25, 0.3) is 11.3 Å². The van der Waals surface area contributed by atoms with Gasteiger partial charge in [-0.15, -0.1) is 0 Å². The molecule has 0 amide bonds. The summed E-state index contributed by atoms with van der Waals surface area (Å²) in [5.41, 5.74) is 8.75. The summed E-state index contributed by atoms with van der Waals surface area (Å²) >= 11 is 0. The smallest absolute Gasteiger partial charge is 0.459 e. The SMILES string of the molecule is COP(=O)(O)OC[n+]1cccc(-c2cc(Cc3cnc(OCc4cccc(F)c4)nc3)no2)c1N. The van der Waals surface area contributed by atoms with E-state index >= 15 is 0 Å². The molecule has 3 N–H and O–H groups in total. The van der Waals surface area contributed by atoms with Crippen LogP contribution in [0, 0.1) is 5.82 Å². The molecule has 1 unspecified atom stereocenters. The molecule has 0 aliphatic heterocycles. The fourth-order valence-corrected chi connectivity index (χ4v) is 3.46. The lowest BCUT2D eigenvalue weighted by atomic mass is 10.1. The fraction of sp³-hybridized carbons (Fsp3) is 0.182. The van der Waals surface area contributed by atoms with Crippen LogP contribution in [0.2, 0.25) is 0 Å². The maximum absolute atomic E-state index is 13.3. The van der Waals surface area contributed by atoms with Gasteiger partial charge in [-0.1, -0.05) is 17.3 Å². The number of nitrogen functional groups attached to an aromatic ring is 1. The normalized spacial score (nSPS) is 12.9. The largest absolute Gasteiger partial charge is 0.475 e. The predicted molar refractivity (Wildman–Crippen MR) is 120 cm³/mol. The van der Waals surface area contributed by atoms with E-state index in [0.717, 1.165) is 12.7 Å². The molecule has 3 aromatic heterocycles. The van der Waals surface area contributed by atoms with Gasteiger partial charge in [-0.3, -0.25) is 10.3 Å². The zero-order valence-corrected chi connectivity index (χ0v) is 19.5. The summed E-state index contributed by atoms with van der Waals surface area (Å²) in [6, 6.07) is 11.4. The first kappa shape index (κ1) is 24.4. The highest BCUT2D eigenvalue weighted by molar-refractivity contribution is 7.47. The van der Waals surface area contributed by atoms with Crippen molar-refractivity contribution in [2.45, 2.75) is 19.8 Å². The van der Waals surface area contributed by atoms with Crippen molar-refractivity contribution in [1.82, 2.24) is 15.1 Å². The quantitative estimate of drug-likeness (QED) is 0.245. The highest BCUT2D eigenvalue weighted by Gasteiger charge is 2.22. The Morgan fingerprint density at radius 2 is 1.97 bits per heavy atom. The lowest BCUT2D eigenvalue weighted by Crippen LogP contribution is -2.38. The second-order valence-corrected chi connectivity index (χ2v) is 8.90. The number of phosphoric ester groups is 1. The van der Waals surface area contributed by atoms with E-state index in [1.807, 2.05) is 0 Å². The van der Waals surface area contributed by atoms with Gasteiger partial charge in [0.05, 0.1) is 11.9 Å². The van der Waals surface area contributed by atoms with E-state index in [9.17, 15) is 13.8 Å². The highest BCUT2D eigenvalue weighted by Crippen LogP contribution is 2.41. The Labute approximate surface area is 199 Å². The first-order valence-electron chi connectivity index (χ1n) is 10.3. The zero-order valence-electron chi connectivity index (χ0n) is 18.6. The number of nitrogens with two attached hydrogens (primary N) is 1. The molecule has 182 valence electrons. The third kappa shape index (κ3) is 6.46. The van der Waals surface area contributed by atoms with Gasteiger partial charge in [-0.25, -0.2) is 28.0 Å². The summed E-state index contributed by atoms with van der Waals surface area (Å²) < 4.78 is 46.4. The van der Waals surface area contributed by atoms with Crippen LogP contribution in [0.5, 0.6) is 6.01 Å². The topological polar surface area (TPSA) is 147 Å². The van der Waals surface area contributed by atoms with Gasteiger partial charge in [0.2, 0.25) is 6.73 Å².